The van der Waals surface area contributed by atoms with Crippen molar-refractivity contribution < 1.29 is 4.79 Å². The molecule has 0 saturated carbocycles. The van der Waals surface area contributed by atoms with E-state index < -0.39 is 0 Å². The summed E-state index contributed by atoms with van der Waals surface area (Å²) in [6, 6.07) is 1.75. The van der Waals surface area contributed by atoms with Crippen molar-refractivity contribution in [1.82, 2.24) is 15.6 Å². The zero-order valence-corrected chi connectivity index (χ0v) is 10.6. The number of carbonyl (C=O) groups excluding carboxylic acids is 1. The second-order valence-electron chi connectivity index (χ2n) is 4.58. The van der Waals surface area contributed by atoms with Crippen LogP contribution in [-0.4, -0.2) is 31.0 Å². The summed E-state index contributed by atoms with van der Waals surface area (Å²) in [5, 5.41) is 5.66. The molecule has 1 aromatic rings. The number of pyridine rings is 1. The van der Waals surface area contributed by atoms with Crippen LogP contribution in [0.15, 0.2) is 10.9 Å². The van der Waals surface area contributed by atoms with Crippen LogP contribution in [0.1, 0.15) is 34.5 Å². The lowest BCUT2D eigenvalue weighted by Gasteiger charge is -2.15. The van der Waals surface area contributed by atoms with Crippen LogP contribution in [0.3, 0.4) is 0 Å². The summed E-state index contributed by atoms with van der Waals surface area (Å²) in [6.07, 6.45) is 4.09. The van der Waals surface area contributed by atoms with Crippen LogP contribution in [0.4, 0.5) is 0 Å². The zero-order valence-electron chi connectivity index (χ0n) is 10.6. The Bertz CT molecular complexity index is 493. The van der Waals surface area contributed by atoms with Crippen molar-refractivity contribution in [3.05, 3.63) is 33.2 Å². The lowest BCUT2D eigenvalue weighted by Crippen LogP contribution is -2.34. The second-order valence-corrected chi connectivity index (χ2v) is 4.58. The predicted molar refractivity (Wildman–Crippen MR) is 70.0 cm³/mol. The van der Waals surface area contributed by atoms with Crippen molar-refractivity contribution in [2.75, 3.05) is 20.1 Å². The van der Waals surface area contributed by atoms with Gasteiger partial charge in [-0.25, -0.2) is 0 Å². The van der Waals surface area contributed by atoms with Gasteiger partial charge in [0, 0.05) is 18.8 Å². The first-order valence-electron chi connectivity index (χ1n) is 6.40. The topological polar surface area (TPSA) is 74.0 Å². The third-order valence-electron chi connectivity index (χ3n) is 3.24. The van der Waals surface area contributed by atoms with Gasteiger partial charge >= 0.3 is 0 Å². The van der Waals surface area contributed by atoms with Gasteiger partial charge in [-0.2, -0.15) is 0 Å². The van der Waals surface area contributed by atoms with Crippen molar-refractivity contribution in [1.29, 1.82) is 0 Å². The fourth-order valence-electron chi connectivity index (χ4n) is 2.24. The molecule has 0 spiro atoms. The van der Waals surface area contributed by atoms with Gasteiger partial charge in [-0.3, -0.25) is 9.59 Å². The number of hydrogen-bond acceptors (Lipinski definition) is 3. The van der Waals surface area contributed by atoms with E-state index in [2.05, 4.69) is 15.6 Å². The molecule has 2 rings (SSSR count). The Labute approximate surface area is 106 Å². The molecule has 98 valence electrons. The molecule has 18 heavy (non-hydrogen) atoms. The Morgan fingerprint density at radius 2 is 2.11 bits per heavy atom. The minimum Gasteiger partial charge on any atom is -0.351 e. The lowest BCUT2D eigenvalue weighted by atomic mass is 9.95. The summed E-state index contributed by atoms with van der Waals surface area (Å²) >= 11 is 0. The molecule has 1 heterocycles. The molecule has 1 aliphatic carbocycles. The molecule has 1 amide bonds. The number of rotatable bonds is 4. The molecule has 0 fully saturated rings. The van der Waals surface area contributed by atoms with Crippen molar-refractivity contribution in [3.8, 4) is 0 Å². The first-order chi connectivity index (χ1) is 8.72. The van der Waals surface area contributed by atoms with Crippen molar-refractivity contribution in [2.24, 2.45) is 0 Å². The lowest BCUT2D eigenvalue weighted by molar-refractivity contribution is 0.0952. The largest absolute Gasteiger partial charge is 0.351 e. The van der Waals surface area contributed by atoms with Gasteiger partial charge in [-0.15, -0.1) is 0 Å². The van der Waals surface area contributed by atoms with Crippen molar-refractivity contribution >= 4 is 5.91 Å². The molecule has 0 saturated heterocycles. The smallest absolute Gasteiger partial charge is 0.261 e. The van der Waals surface area contributed by atoms with Gasteiger partial charge in [0.05, 0.1) is 0 Å². The van der Waals surface area contributed by atoms with Crippen molar-refractivity contribution in [2.45, 2.75) is 25.7 Å². The van der Waals surface area contributed by atoms with E-state index in [0.29, 0.717) is 13.1 Å². The summed E-state index contributed by atoms with van der Waals surface area (Å²) in [7, 11) is 1.82. The van der Waals surface area contributed by atoms with Crippen LogP contribution in [0.5, 0.6) is 0 Å². The van der Waals surface area contributed by atoms with E-state index in [1.807, 2.05) is 7.05 Å². The highest BCUT2D eigenvalue weighted by atomic mass is 16.2. The fraction of sp³-hybridized carbons (Fsp3) is 0.538. The molecular formula is C13H19N3O2. The number of H-pyrrole nitrogens is 1. The second kappa shape index (κ2) is 5.82. The van der Waals surface area contributed by atoms with Crippen LogP contribution in [0.25, 0.3) is 0 Å². The highest BCUT2D eigenvalue weighted by Gasteiger charge is 2.16. The van der Waals surface area contributed by atoms with Gasteiger partial charge in [-0.05, 0) is 44.4 Å². The molecule has 0 aliphatic heterocycles. The maximum Gasteiger partial charge on any atom is 0.261 e. The van der Waals surface area contributed by atoms with Crippen LogP contribution in [0.2, 0.25) is 0 Å². The van der Waals surface area contributed by atoms with E-state index in [1.54, 1.807) is 6.07 Å². The molecule has 5 nitrogen and oxygen atoms in total. The third-order valence-corrected chi connectivity index (χ3v) is 3.24. The molecule has 0 atom stereocenters. The average Bonchev–Trinajstić information content (AvgIpc) is 2.38. The Morgan fingerprint density at radius 3 is 2.89 bits per heavy atom. The highest BCUT2D eigenvalue weighted by molar-refractivity contribution is 5.94. The number of likely N-dealkylation sites (N-methyl/N-ethyl adjacent to an activating group) is 1. The molecule has 0 radical (unpaired) electrons. The third kappa shape index (κ3) is 2.79. The van der Waals surface area contributed by atoms with Crippen LogP contribution < -0.4 is 16.2 Å². The minimum absolute atomic E-state index is 0.228. The molecule has 0 bridgehead atoms. The first kappa shape index (κ1) is 12.8. The Kier molecular flexibility index (Phi) is 4.15. The standard InChI is InChI=1S/C13H19N3O2/c1-14-6-7-15-12(17)10-8-9-4-2-3-5-11(9)16-13(10)18/h8,14H,2-7H2,1H3,(H,15,17)(H,16,18). The van der Waals surface area contributed by atoms with E-state index in [4.69, 9.17) is 0 Å². The summed E-state index contributed by atoms with van der Waals surface area (Å²) < 4.78 is 0. The molecule has 1 aliphatic rings. The molecule has 0 unspecified atom stereocenters. The van der Waals surface area contributed by atoms with E-state index >= 15 is 0 Å². The monoisotopic (exact) mass is 249 g/mol. The number of hydrogen-bond donors (Lipinski definition) is 3. The molecular weight excluding hydrogens is 230 g/mol. The van der Waals surface area contributed by atoms with E-state index in [0.717, 1.165) is 36.9 Å². The number of nitrogens with one attached hydrogen (secondary N) is 3. The van der Waals surface area contributed by atoms with Gasteiger partial charge in [0.2, 0.25) is 0 Å². The van der Waals surface area contributed by atoms with E-state index in [9.17, 15) is 9.59 Å². The highest BCUT2D eigenvalue weighted by Crippen LogP contribution is 2.18. The SMILES string of the molecule is CNCCNC(=O)c1cc2c([nH]c1=O)CCCC2. The predicted octanol–water partition coefficient (Wildman–Crippen LogP) is 0.203. The molecule has 1 aromatic heterocycles. The summed E-state index contributed by atoms with van der Waals surface area (Å²) in [4.78, 5) is 26.5. The minimum atomic E-state index is -0.292. The zero-order chi connectivity index (χ0) is 13.0. The first-order valence-corrected chi connectivity index (χ1v) is 6.40. The van der Waals surface area contributed by atoms with Gasteiger partial charge in [0.15, 0.2) is 0 Å². The van der Waals surface area contributed by atoms with E-state index in [-0.39, 0.29) is 17.0 Å². The van der Waals surface area contributed by atoms with Crippen LogP contribution in [0, 0.1) is 0 Å². The number of carbonyl (C=O) groups is 1. The quantitative estimate of drug-likeness (QED) is 0.667. The number of fused-ring (bicyclic) bond motifs is 1. The number of aryl methyl sites for hydroxylation is 2. The molecule has 5 heteroatoms. The van der Waals surface area contributed by atoms with Crippen LogP contribution in [-0.2, 0) is 12.8 Å². The number of amides is 1. The molecule has 3 N–H and O–H groups in total. The van der Waals surface area contributed by atoms with Gasteiger partial charge in [-0.1, -0.05) is 0 Å². The Hall–Kier alpha value is -1.62. The van der Waals surface area contributed by atoms with Gasteiger partial charge in [0.1, 0.15) is 5.56 Å². The number of aromatic nitrogens is 1. The Morgan fingerprint density at radius 1 is 1.33 bits per heavy atom. The fourth-order valence-corrected chi connectivity index (χ4v) is 2.24. The van der Waals surface area contributed by atoms with Crippen molar-refractivity contribution in [3.63, 3.8) is 0 Å². The Balaban J connectivity index is 2.17. The summed E-state index contributed by atoms with van der Waals surface area (Å²) in [5.41, 5.74) is 2.06. The van der Waals surface area contributed by atoms with Crippen LogP contribution >= 0.6 is 0 Å². The maximum atomic E-state index is 11.9. The normalized spacial score (nSPS) is 14.1. The number of aromatic amines is 1. The molecule has 0 aromatic carbocycles. The summed E-state index contributed by atoms with van der Waals surface area (Å²) in [6.45, 7) is 1.21. The van der Waals surface area contributed by atoms with E-state index in [1.165, 1.54) is 0 Å². The average molecular weight is 249 g/mol. The van der Waals surface area contributed by atoms with Gasteiger partial charge < -0.3 is 15.6 Å². The van der Waals surface area contributed by atoms with Gasteiger partial charge in [0.25, 0.3) is 11.5 Å². The maximum absolute atomic E-state index is 11.9. The summed E-state index contributed by atoms with van der Waals surface area (Å²) in [5.74, 6) is -0.292.